The van der Waals surface area contributed by atoms with E-state index in [0.29, 0.717) is 0 Å². The summed E-state index contributed by atoms with van der Waals surface area (Å²) >= 11 is 0. The van der Waals surface area contributed by atoms with Gasteiger partial charge in [0.1, 0.15) is 4.90 Å². The average molecular weight is 285 g/mol. The molecule has 2 aromatic rings. The Kier molecular flexibility index (Phi) is 5.75. The molecule has 4 nitrogen and oxygen atoms in total. The number of benzene rings is 2. The molecule has 0 atom stereocenters. The molecular weight excluding hydrogens is 275 g/mol. The molecule has 0 saturated carbocycles. The van der Waals surface area contributed by atoms with Crippen LogP contribution in [0.2, 0.25) is 0 Å². The van der Waals surface area contributed by atoms with Gasteiger partial charge in [0, 0.05) is 0 Å². The zero-order valence-electron chi connectivity index (χ0n) is 10.3. The summed E-state index contributed by atoms with van der Waals surface area (Å²) in [7, 11) is -4.06. The van der Waals surface area contributed by atoms with Gasteiger partial charge >= 0.3 is 45.6 Å². The third-order valence-electron chi connectivity index (χ3n) is 2.23. The molecule has 6 heteroatoms. The molecule has 0 unspecified atom stereocenters. The molecule has 0 heterocycles. The molecular formula is C13H10NaO4S+. The third-order valence-corrected chi connectivity index (χ3v) is 3.45. The Morgan fingerprint density at radius 3 is 1.84 bits per heavy atom. The van der Waals surface area contributed by atoms with E-state index in [0.717, 1.165) is 0 Å². The zero-order valence-corrected chi connectivity index (χ0v) is 13.1. The van der Waals surface area contributed by atoms with Crippen LogP contribution in [0.4, 0.5) is 0 Å². The summed E-state index contributed by atoms with van der Waals surface area (Å²) in [6.45, 7) is 0. The van der Waals surface area contributed by atoms with Gasteiger partial charge in [0.2, 0.25) is 0 Å². The van der Waals surface area contributed by atoms with Crippen molar-refractivity contribution in [1.82, 2.24) is 0 Å². The molecule has 0 amide bonds. The zero-order chi connectivity index (χ0) is 13.0. The maximum Gasteiger partial charge on any atom is 1.00 e. The molecule has 92 valence electrons. The van der Waals surface area contributed by atoms with Gasteiger partial charge in [-0.3, -0.25) is 0 Å². The number of rotatable bonds is 3. The van der Waals surface area contributed by atoms with E-state index >= 15 is 0 Å². The maximum atomic E-state index is 11.8. The molecule has 2 rings (SSSR count). The maximum absolute atomic E-state index is 11.8. The van der Waals surface area contributed by atoms with E-state index in [4.69, 9.17) is 0 Å². The van der Waals surface area contributed by atoms with E-state index in [1.54, 1.807) is 36.4 Å². The van der Waals surface area contributed by atoms with Crippen molar-refractivity contribution in [1.29, 1.82) is 0 Å². The molecule has 0 spiro atoms. The summed E-state index contributed by atoms with van der Waals surface area (Å²) < 4.78 is 28.1. The predicted octanol–water partition coefficient (Wildman–Crippen LogP) is -0.764. The number of carbonyl (C=O) groups excluding carboxylic acids is 1. The van der Waals surface area contributed by atoms with Crippen molar-refractivity contribution in [3.8, 4) is 0 Å². The minimum absolute atomic E-state index is 0. The van der Waals surface area contributed by atoms with Crippen molar-refractivity contribution in [2.45, 2.75) is 4.90 Å². The Labute approximate surface area is 133 Å². The van der Waals surface area contributed by atoms with Gasteiger partial charge in [-0.1, -0.05) is 36.4 Å². The molecule has 0 saturated heterocycles. The largest absolute Gasteiger partial charge is 1.00 e. The Balaban J connectivity index is 0.00000180. The third kappa shape index (κ3) is 4.18. The smallest absolute Gasteiger partial charge is 0.338 e. The summed E-state index contributed by atoms with van der Waals surface area (Å²) in [5, 5.41) is 0. The molecule has 0 aliphatic rings. The van der Waals surface area contributed by atoms with Crippen LogP contribution in [0.5, 0.6) is 0 Å². The molecule has 0 aromatic heterocycles. The van der Waals surface area contributed by atoms with Crippen molar-refractivity contribution in [3.05, 3.63) is 66.2 Å². The van der Waals surface area contributed by atoms with Crippen LogP contribution in [0.25, 0.3) is 0 Å². The fraction of sp³-hybridized carbons (Fsp3) is 0. The van der Waals surface area contributed by atoms with E-state index in [1.165, 1.54) is 24.3 Å². The van der Waals surface area contributed by atoms with Gasteiger partial charge in [0.05, 0.1) is 5.56 Å². The van der Waals surface area contributed by atoms with Crippen molar-refractivity contribution in [2.75, 3.05) is 0 Å². The Morgan fingerprint density at radius 2 is 1.32 bits per heavy atom. The van der Waals surface area contributed by atoms with Crippen LogP contribution in [0.3, 0.4) is 0 Å². The van der Waals surface area contributed by atoms with Crippen molar-refractivity contribution >= 4 is 16.1 Å². The molecule has 0 bridgehead atoms. The van der Waals surface area contributed by atoms with E-state index in [-0.39, 0.29) is 40.0 Å². The second-order valence-corrected chi connectivity index (χ2v) is 5.05. The van der Waals surface area contributed by atoms with E-state index < -0.39 is 16.1 Å². The predicted molar refractivity (Wildman–Crippen MR) is 65.5 cm³/mol. The molecule has 0 aliphatic carbocycles. The summed E-state index contributed by atoms with van der Waals surface area (Å²) in [5.41, 5.74) is 0.192. The number of hydrogen-bond donors (Lipinski definition) is 0. The first kappa shape index (κ1) is 15.9. The van der Waals surface area contributed by atoms with Gasteiger partial charge in [-0.2, -0.15) is 8.42 Å². The van der Waals surface area contributed by atoms with Crippen LogP contribution < -0.4 is 29.6 Å². The van der Waals surface area contributed by atoms with Gasteiger partial charge < -0.3 is 4.18 Å². The second-order valence-electron chi connectivity index (χ2n) is 3.50. The van der Waals surface area contributed by atoms with Crippen molar-refractivity contribution in [2.24, 2.45) is 0 Å². The van der Waals surface area contributed by atoms with E-state index in [1.807, 2.05) is 0 Å². The first-order valence-corrected chi connectivity index (χ1v) is 6.59. The Hall–Kier alpha value is -1.14. The average Bonchev–Trinajstić information content (AvgIpc) is 2.40. The minimum atomic E-state index is -4.06. The van der Waals surface area contributed by atoms with Crippen LogP contribution in [-0.4, -0.2) is 14.4 Å². The van der Waals surface area contributed by atoms with Gasteiger partial charge in [0.25, 0.3) is 0 Å². The Morgan fingerprint density at radius 1 is 0.842 bits per heavy atom. The van der Waals surface area contributed by atoms with Crippen LogP contribution in [0.15, 0.2) is 65.6 Å². The van der Waals surface area contributed by atoms with Crippen molar-refractivity contribution in [3.63, 3.8) is 0 Å². The Bertz CT molecular complexity index is 639. The summed E-state index contributed by atoms with van der Waals surface area (Å²) in [6, 6.07) is 15.5. The number of carbonyl (C=O) groups is 1. The summed E-state index contributed by atoms with van der Waals surface area (Å²) in [6.07, 6.45) is 0. The standard InChI is InChI=1S/C13H10O4S.Na/c14-13(11-7-3-1-4-8-11)17-18(15,16)12-9-5-2-6-10-12;/h1-10H;/q;+1. The van der Waals surface area contributed by atoms with Crippen LogP contribution >= 0.6 is 0 Å². The second kappa shape index (κ2) is 6.86. The number of hydrogen-bond acceptors (Lipinski definition) is 4. The first-order chi connectivity index (χ1) is 8.59. The molecule has 0 N–H and O–H groups in total. The SMILES string of the molecule is O=C(OS(=O)(=O)c1ccccc1)c1ccccc1.[Na+]. The first-order valence-electron chi connectivity index (χ1n) is 5.18. The summed E-state index contributed by atoms with van der Waals surface area (Å²) in [5.74, 6) is -0.889. The van der Waals surface area contributed by atoms with Gasteiger partial charge in [-0.25, -0.2) is 4.79 Å². The van der Waals surface area contributed by atoms with E-state index in [9.17, 15) is 13.2 Å². The van der Waals surface area contributed by atoms with Gasteiger partial charge in [0.15, 0.2) is 0 Å². The molecule has 0 aliphatic heterocycles. The molecule has 2 aromatic carbocycles. The molecule has 19 heavy (non-hydrogen) atoms. The van der Waals surface area contributed by atoms with Crippen LogP contribution in [0.1, 0.15) is 10.4 Å². The van der Waals surface area contributed by atoms with Crippen LogP contribution in [-0.2, 0) is 14.3 Å². The summed E-state index contributed by atoms with van der Waals surface area (Å²) in [4.78, 5) is 11.6. The normalized spacial score (nSPS) is 10.3. The molecule has 0 fully saturated rings. The van der Waals surface area contributed by atoms with Crippen LogP contribution in [0, 0.1) is 0 Å². The molecule has 0 radical (unpaired) electrons. The van der Waals surface area contributed by atoms with Crippen molar-refractivity contribution < 1.29 is 47.0 Å². The van der Waals surface area contributed by atoms with E-state index in [2.05, 4.69) is 4.18 Å². The minimum Gasteiger partial charge on any atom is -0.338 e. The quantitative estimate of drug-likeness (QED) is 0.549. The van der Waals surface area contributed by atoms with Gasteiger partial charge in [-0.15, -0.1) is 0 Å². The van der Waals surface area contributed by atoms with Gasteiger partial charge in [-0.05, 0) is 24.3 Å². The topological polar surface area (TPSA) is 60.4 Å². The fourth-order valence-electron chi connectivity index (χ4n) is 1.36. The monoisotopic (exact) mass is 285 g/mol. The fourth-order valence-corrected chi connectivity index (χ4v) is 2.24.